The van der Waals surface area contributed by atoms with Crippen LogP contribution < -0.4 is 4.90 Å². The summed E-state index contributed by atoms with van der Waals surface area (Å²) in [5, 5.41) is 20.8. The summed E-state index contributed by atoms with van der Waals surface area (Å²) in [7, 11) is 1.28. The Kier molecular flexibility index (Phi) is 6.45. The van der Waals surface area contributed by atoms with Gasteiger partial charge >= 0.3 is 6.09 Å². The minimum atomic E-state index is -1.19. The number of hydrogen-bond donors (Lipinski definition) is 1. The normalized spacial score (nSPS) is 20.5. The van der Waals surface area contributed by atoms with Crippen molar-refractivity contribution in [3.8, 4) is 6.07 Å². The Hall–Kier alpha value is -2.88. The zero-order valence-electron chi connectivity index (χ0n) is 17.7. The maximum absolute atomic E-state index is 12.4. The first-order valence-electron chi connectivity index (χ1n) is 10.0. The molecule has 2 unspecified atom stereocenters. The van der Waals surface area contributed by atoms with Crippen LogP contribution >= 0.6 is 0 Å². The molecule has 6 nitrogen and oxygen atoms in total. The summed E-state index contributed by atoms with van der Waals surface area (Å²) in [6.07, 6.45) is -0.676. The third-order valence-electron chi connectivity index (χ3n) is 5.85. The van der Waals surface area contributed by atoms with Gasteiger partial charge in [-0.2, -0.15) is 5.26 Å². The quantitative estimate of drug-likeness (QED) is 0.728. The van der Waals surface area contributed by atoms with Crippen LogP contribution in [-0.4, -0.2) is 30.1 Å². The van der Waals surface area contributed by atoms with Gasteiger partial charge in [0.1, 0.15) is 6.23 Å². The van der Waals surface area contributed by atoms with Gasteiger partial charge < -0.3 is 14.6 Å². The second-order valence-corrected chi connectivity index (χ2v) is 8.26. The highest BCUT2D eigenvalue weighted by Gasteiger charge is 2.53. The van der Waals surface area contributed by atoms with E-state index in [4.69, 9.17) is 9.47 Å². The summed E-state index contributed by atoms with van der Waals surface area (Å²) in [6, 6.07) is 19.4. The van der Waals surface area contributed by atoms with E-state index in [1.807, 2.05) is 56.3 Å². The van der Waals surface area contributed by atoms with E-state index in [9.17, 15) is 15.2 Å². The van der Waals surface area contributed by atoms with E-state index < -0.39 is 23.3 Å². The van der Waals surface area contributed by atoms with Crippen molar-refractivity contribution in [3.05, 3.63) is 65.7 Å². The molecule has 0 spiro atoms. The van der Waals surface area contributed by atoms with Crippen molar-refractivity contribution in [3.63, 3.8) is 0 Å². The van der Waals surface area contributed by atoms with Crippen LogP contribution in [0.3, 0.4) is 0 Å². The van der Waals surface area contributed by atoms with Gasteiger partial charge in [-0.1, -0.05) is 48.5 Å². The number of ether oxygens (including phenoxy) is 2. The predicted molar refractivity (Wildman–Crippen MR) is 114 cm³/mol. The molecular weight excluding hydrogens is 380 g/mol. The maximum Gasteiger partial charge on any atom is 0.416 e. The minimum Gasteiger partial charge on any atom is -0.452 e. The van der Waals surface area contributed by atoms with Crippen molar-refractivity contribution in [2.45, 2.75) is 57.0 Å². The number of carbonyl (C=O) groups excluding carboxylic acids is 1. The largest absolute Gasteiger partial charge is 0.452 e. The van der Waals surface area contributed by atoms with Crippen molar-refractivity contribution < 1.29 is 19.4 Å². The SMILES string of the molecule is COC(=O)N1c2ccccc2C(CC#N)(CCC(C)(C)OCc2ccccc2)C1O. The van der Waals surface area contributed by atoms with Crippen molar-refractivity contribution in [2.75, 3.05) is 12.0 Å². The molecule has 1 aliphatic rings. The lowest BCUT2D eigenvalue weighted by Gasteiger charge is -2.36. The molecule has 1 N–H and O–H groups in total. The van der Waals surface area contributed by atoms with Gasteiger partial charge in [0.15, 0.2) is 0 Å². The van der Waals surface area contributed by atoms with Crippen molar-refractivity contribution >= 4 is 11.8 Å². The number of nitrogens with zero attached hydrogens (tertiary/aromatic N) is 2. The van der Waals surface area contributed by atoms with Gasteiger partial charge in [-0.15, -0.1) is 0 Å². The number of hydrogen-bond acceptors (Lipinski definition) is 5. The zero-order valence-corrected chi connectivity index (χ0v) is 17.7. The van der Waals surface area contributed by atoms with Crippen LogP contribution in [0.25, 0.3) is 0 Å². The summed E-state index contributed by atoms with van der Waals surface area (Å²) in [4.78, 5) is 13.6. The number of fused-ring (bicyclic) bond motifs is 1. The predicted octanol–water partition coefficient (Wildman–Crippen LogP) is 4.52. The summed E-state index contributed by atoms with van der Waals surface area (Å²) in [5.41, 5.74) is 1.05. The Morgan fingerprint density at radius 2 is 1.87 bits per heavy atom. The van der Waals surface area contributed by atoms with E-state index in [0.717, 1.165) is 11.1 Å². The summed E-state index contributed by atoms with van der Waals surface area (Å²) in [6.45, 7) is 4.48. The summed E-state index contributed by atoms with van der Waals surface area (Å²) < 4.78 is 11.0. The molecule has 2 aromatic carbocycles. The Labute approximate surface area is 177 Å². The second-order valence-electron chi connectivity index (χ2n) is 8.26. The number of benzene rings is 2. The highest BCUT2D eigenvalue weighted by atomic mass is 16.5. The van der Waals surface area contributed by atoms with Gasteiger partial charge in [0.2, 0.25) is 0 Å². The lowest BCUT2D eigenvalue weighted by atomic mass is 9.73. The number of aliphatic hydroxyl groups is 1. The van der Waals surface area contributed by atoms with Gasteiger partial charge in [-0.25, -0.2) is 4.79 Å². The number of methoxy groups -OCH3 is 1. The number of carbonyl (C=O) groups is 1. The molecule has 0 radical (unpaired) electrons. The number of rotatable bonds is 7. The Morgan fingerprint density at radius 1 is 1.20 bits per heavy atom. The van der Waals surface area contributed by atoms with Gasteiger partial charge in [-0.05, 0) is 43.9 Å². The lowest BCUT2D eigenvalue weighted by molar-refractivity contribution is -0.0443. The molecule has 0 aliphatic carbocycles. The van der Waals surface area contributed by atoms with Gasteiger partial charge in [0, 0.05) is 6.42 Å². The molecule has 2 aromatic rings. The summed E-state index contributed by atoms with van der Waals surface area (Å²) in [5.74, 6) is 0. The highest BCUT2D eigenvalue weighted by Crippen LogP contribution is 2.50. The van der Waals surface area contributed by atoms with Crippen molar-refractivity contribution in [1.82, 2.24) is 0 Å². The van der Waals surface area contributed by atoms with Crippen molar-refractivity contribution in [1.29, 1.82) is 5.26 Å². The van der Waals surface area contributed by atoms with Crippen LogP contribution in [-0.2, 0) is 21.5 Å². The number of nitriles is 1. The molecule has 0 saturated carbocycles. The van der Waals surface area contributed by atoms with Crippen molar-refractivity contribution in [2.24, 2.45) is 0 Å². The van der Waals surface area contributed by atoms with Crippen LogP contribution in [0.4, 0.5) is 10.5 Å². The average Bonchev–Trinajstić information content (AvgIpc) is 3.00. The monoisotopic (exact) mass is 408 g/mol. The van der Waals surface area contributed by atoms with Gasteiger partial charge in [0.05, 0.1) is 36.5 Å². The van der Waals surface area contributed by atoms with E-state index in [1.54, 1.807) is 12.1 Å². The fourth-order valence-corrected chi connectivity index (χ4v) is 4.05. The molecule has 1 aliphatic heterocycles. The summed E-state index contributed by atoms with van der Waals surface area (Å²) >= 11 is 0. The third-order valence-corrected chi connectivity index (χ3v) is 5.85. The topological polar surface area (TPSA) is 82.8 Å². The van der Waals surface area contributed by atoms with Crippen LogP contribution in [0.2, 0.25) is 0 Å². The number of amides is 1. The molecule has 0 aromatic heterocycles. The molecule has 6 heteroatoms. The first-order chi connectivity index (χ1) is 14.3. The molecule has 0 saturated heterocycles. The average molecular weight is 408 g/mol. The number of para-hydroxylation sites is 1. The Morgan fingerprint density at radius 3 is 2.53 bits per heavy atom. The van der Waals surface area contributed by atoms with Crippen LogP contribution in [0, 0.1) is 11.3 Å². The highest BCUT2D eigenvalue weighted by molar-refractivity contribution is 5.92. The standard InChI is InChI=1S/C24H28N2O4/c1-23(2,30-17-18-9-5-4-6-10-18)13-14-24(15-16-25)19-11-7-8-12-20(19)26(21(24)27)22(28)29-3/h4-12,21,27H,13-15,17H2,1-3H3. The van der Waals surface area contributed by atoms with E-state index in [2.05, 4.69) is 6.07 Å². The van der Waals surface area contributed by atoms with E-state index in [1.165, 1.54) is 12.0 Å². The minimum absolute atomic E-state index is 0.0768. The lowest BCUT2D eigenvalue weighted by Crippen LogP contribution is -2.48. The number of anilines is 1. The Bertz CT molecular complexity index is 922. The smallest absolute Gasteiger partial charge is 0.416 e. The molecule has 0 bridgehead atoms. The molecule has 1 amide bonds. The maximum atomic E-state index is 12.4. The Balaban J connectivity index is 1.84. The molecule has 2 atom stereocenters. The fourth-order valence-electron chi connectivity index (χ4n) is 4.05. The van der Waals surface area contributed by atoms with Gasteiger partial charge in [0.25, 0.3) is 0 Å². The zero-order chi connectivity index (χ0) is 21.8. The first kappa shape index (κ1) is 21.8. The first-order valence-corrected chi connectivity index (χ1v) is 10.0. The molecule has 1 heterocycles. The number of aliphatic hydroxyl groups excluding tert-OH is 1. The fraction of sp³-hybridized carbons (Fsp3) is 0.417. The second kappa shape index (κ2) is 8.86. The van der Waals surface area contributed by atoms with Crippen LogP contribution in [0.1, 0.15) is 44.2 Å². The van der Waals surface area contributed by atoms with Crippen LogP contribution in [0.5, 0.6) is 0 Å². The molecule has 0 fully saturated rings. The molecule has 30 heavy (non-hydrogen) atoms. The van der Waals surface area contributed by atoms with E-state index in [0.29, 0.717) is 25.1 Å². The van der Waals surface area contributed by atoms with Crippen LogP contribution in [0.15, 0.2) is 54.6 Å². The third kappa shape index (κ3) is 4.18. The molecular formula is C24H28N2O4. The molecule has 158 valence electrons. The van der Waals surface area contributed by atoms with E-state index >= 15 is 0 Å². The van der Waals surface area contributed by atoms with E-state index in [-0.39, 0.29) is 6.42 Å². The molecule has 3 rings (SSSR count). The van der Waals surface area contributed by atoms with Gasteiger partial charge in [-0.3, -0.25) is 4.90 Å².